The first-order chi connectivity index (χ1) is 8.84. The molecule has 0 unspecified atom stereocenters. The zero-order valence-corrected chi connectivity index (χ0v) is 11.2. The second-order valence-corrected chi connectivity index (χ2v) is 5.38. The van der Waals surface area contributed by atoms with Crippen LogP contribution >= 0.6 is 0 Å². The molecule has 0 bridgehead atoms. The van der Waals surface area contributed by atoms with Gasteiger partial charge in [-0.2, -0.15) is 0 Å². The Bertz CT molecular complexity index is 560. The van der Waals surface area contributed by atoms with Crippen LogP contribution in [0.4, 0.5) is 4.39 Å². The normalized spacial score (nSPS) is 11.3. The molecule has 1 rings (SSSR count). The molecule has 3 N–H and O–H groups in total. The molecule has 0 saturated heterocycles. The van der Waals surface area contributed by atoms with E-state index in [0.717, 1.165) is 18.2 Å². The molecule has 1 aromatic carbocycles. The fourth-order valence-corrected chi connectivity index (χ4v) is 1.95. The van der Waals surface area contributed by atoms with Crippen molar-refractivity contribution in [2.24, 2.45) is 5.14 Å². The molecule has 0 aliphatic carbocycles. The second kappa shape index (κ2) is 6.60. The van der Waals surface area contributed by atoms with Crippen molar-refractivity contribution in [2.45, 2.75) is 11.3 Å². The van der Waals surface area contributed by atoms with Crippen molar-refractivity contribution in [1.29, 1.82) is 0 Å². The van der Waals surface area contributed by atoms with Gasteiger partial charge in [-0.05, 0) is 24.6 Å². The van der Waals surface area contributed by atoms with Gasteiger partial charge in [-0.3, -0.25) is 4.79 Å². The lowest BCUT2D eigenvalue weighted by Crippen LogP contribution is -2.25. The van der Waals surface area contributed by atoms with Crippen molar-refractivity contribution in [1.82, 2.24) is 5.32 Å². The van der Waals surface area contributed by atoms with E-state index in [2.05, 4.69) is 5.32 Å². The number of nitrogens with one attached hydrogen (secondary N) is 1. The van der Waals surface area contributed by atoms with Gasteiger partial charge in [0.1, 0.15) is 5.82 Å². The highest BCUT2D eigenvalue weighted by Gasteiger charge is 2.14. The van der Waals surface area contributed by atoms with Gasteiger partial charge in [0.15, 0.2) is 0 Å². The smallest absolute Gasteiger partial charge is 0.251 e. The van der Waals surface area contributed by atoms with Crippen molar-refractivity contribution in [2.75, 3.05) is 20.3 Å². The molecule has 8 heteroatoms. The van der Waals surface area contributed by atoms with E-state index < -0.39 is 26.6 Å². The number of ether oxygens (including phenoxy) is 1. The Morgan fingerprint density at radius 3 is 2.68 bits per heavy atom. The minimum atomic E-state index is -4.05. The molecule has 0 heterocycles. The minimum Gasteiger partial charge on any atom is -0.385 e. The largest absolute Gasteiger partial charge is 0.385 e. The van der Waals surface area contributed by atoms with Gasteiger partial charge >= 0.3 is 0 Å². The van der Waals surface area contributed by atoms with Crippen molar-refractivity contribution >= 4 is 15.9 Å². The Hall–Kier alpha value is -1.51. The molecule has 19 heavy (non-hydrogen) atoms. The van der Waals surface area contributed by atoms with Crippen molar-refractivity contribution in [3.8, 4) is 0 Å². The lowest BCUT2D eigenvalue weighted by atomic mass is 10.2. The third kappa shape index (κ3) is 4.93. The molecule has 1 aromatic rings. The van der Waals surface area contributed by atoms with Crippen LogP contribution in [0.1, 0.15) is 16.8 Å². The number of rotatable bonds is 6. The van der Waals surface area contributed by atoms with Crippen LogP contribution in [0.5, 0.6) is 0 Å². The third-order valence-electron chi connectivity index (χ3n) is 2.27. The molecule has 0 spiro atoms. The van der Waals surface area contributed by atoms with Crippen LogP contribution in [0.25, 0.3) is 0 Å². The number of hydrogen-bond acceptors (Lipinski definition) is 4. The molecule has 0 saturated carbocycles. The minimum absolute atomic E-state index is 0.0959. The molecule has 0 aliphatic heterocycles. The molecule has 1 amide bonds. The molecular formula is C11H15FN2O4S. The molecule has 6 nitrogen and oxygen atoms in total. The third-order valence-corrected chi connectivity index (χ3v) is 3.17. The van der Waals surface area contributed by atoms with Crippen LogP contribution in [0, 0.1) is 5.82 Å². The SMILES string of the molecule is COCCCNC(=O)c1cc(F)cc(S(N)(=O)=O)c1. The van der Waals surface area contributed by atoms with Crippen molar-refractivity contribution < 1.29 is 22.3 Å². The van der Waals surface area contributed by atoms with E-state index in [9.17, 15) is 17.6 Å². The van der Waals surface area contributed by atoms with E-state index in [-0.39, 0.29) is 5.56 Å². The fraction of sp³-hybridized carbons (Fsp3) is 0.364. The number of nitrogens with two attached hydrogens (primary N) is 1. The Labute approximate surface area is 110 Å². The molecule has 0 aliphatic rings. The number of carbonyl (C=O) groups is 1. The molecular weight excluding hydrogens is 275 g/mol. The maximum atomic E-state index is 13.2. The summed E-state index contributed by atoms with van der Waals surface area (Å²) in [5.41, 5.74) is -0.0959. The van der Waals surface area contributed by atoms with Gasteiger partial charge in [0.2, 0.25) is 10.0 Å². The molecule has 0 atom stereocenters. The summed E-state index contributed by atoms with van der Waals surface area (Å²) in [6, 6.07) is 2.74. The number of sulfonamides is 1. The lowest BCUT2D eigenvalue weighted by molar-refractivity contribution is 0.0948. The summed E-state index contributed by atoms with van der Waals surface area (Å²) in [6.45, 7) is 0.819. The summed E-state index contributed by atoms with van der Waals surface area (Å²) in [6.07, 6.45) is 0.597. The second-order valence-electron chi connectivity index (χ2n) is 3.82. The predicted octanol–water partition coefficient (Wildman–Crippen LogP) is 0.239. The van der Waals surface area contributed by atoms with Crippen LogP contribution in [-0.2, 0) is 14.8 Å². The number of halogens is 1. The first-order valence-electron chi connectivity index (χ1n) is 5.45. The topological polar surface area (TPSA) is 98.5 Å². The zero-order chi connectivity index (χ0) is 14.5. The van der Waals surface area contributed by atoms with Crippen LogP contribution in [0.15, 0.2) is 23.1 Å². The fourth-order valence-electron chi connectivity index (χ4n) is 1.38. The number of primary sulfonamides is 1. The Kier molecular flexibility index (Phi) is 5.40. The molecule has 0 radical (unpaired) electrons. The average Bonchev–Trinajstić information content (AvgIpc) is 2.32. The summed E-state index contributed by atoms with van der Waals surface area (Å²) in [5.74, 6) is -1.41. The summed E-state index contributed by atoms with van der Waals surface area (Å²) < 4.78 is 40.3. The van der Waals surface area contributed by atoms with Crippen molar-refractivity contribution in [3.63, 3.8) is 0 Å². The van der Waals surface area contributed by atoms with E-state index in [1.54, 1.807) is 0 Å². The number of carbonyl (C=O) groups excluding carboxylic acids is 1. The van der Waals surface area contributed by atoms with Gasteiger partial charge in [0.25, 0.3) is 5.91 Å². The lowest BCUT2D eigenvalue weighted by Gasteiger charge is -2.06. The summed E-state index contributed by atoms with van der Waals surface area (Å²) in [5, 5.41) is 7.41. The zero-order valence-electron chi connectivity index (χ0n) is 10.3. The van der Waals surface area contributed by atoms with Gasteiger partial charge in [-0.25, -0.2) is 17.9 Å². The predicted molar refractivity (Wildman–Crippen MR) is 66.6 cm³/mol. The monoisotopic (exact) mass is 290 g/mol. The Morgan fingerprint density at radius 2 is 2.11 bits per heavy atom. The molecule has 0 fully saturated rings. The van der Waals surface area contributed by atoms with E-state index in [4.69, 9.17) is 9.88 Å². The Morgan fingerprint density at radius 1 is 1.42 bits per heavy atom. The number of hydrogen-bond donors (Lipinski definition) is 2. The number of methoxy groups -OCH3 is 1. The number of benzene rings is 1. The summed E-state index contributed by atoms with van der Waals surface area (Å²) in [4.78, 5) is 11.2. The maximum absolute atomic E-state index is 13.2. The Balaban J connectivity index is 2.83. The maximum Gasteiger partial charge on any atom is 0.251 e. The van der Waals surface area contributed by atoms with E-state index >= 15 is 0 Å². The van der Waals surface area contributed by atoms with Gasteiger partial charge in [0, 0.05) is 25.8 Å². The van der Waals surface area contributed by atoms with E-state index in [1.807, 2.05) is 0 Å². The van der Waals surface area contributed by atoms with Crippen LogP contribution in [-0.4, -0.2) is 34.6 Å². The molecule has 106 valence electrons. The summed E-state index contributed by atoms with van der Waals surface area (Å²) in [7, 11) is -2.52. The summed E-state index contributed by atoms with van der Waals surface area (Å²) >= 11 is 0. The highest BCUT2D eigenvalue weighted by molar-refractivity contribution is 7.89. The highest BCUT2D eigenvalue weighted by Crippen LogP contribution is 2.13. The first kappa shape index (κ1) is 15.5. The van der Waals surface area contributed by atoms with Crippen LogP contribution in [0.2, 0.25) is 0 Å². The van der Waals surface area contributed by atoms with E-state index in [1.165, 1.54) is 7.11 Å². The van der Waals surface area contributed by atoms with Gasteiger partial charge in [-0.15, -0.1) is 0 Å². The van der Waals surface area contributed by atoms with Gasteiger partial charge in [0.05, 0.1) is 4.90 Å². The van der Waals surface area contributed by atoms with Crippen LogP contribution in [0.3, 0.4) is 0 Å². The first-order valence-corrected chi connectivity index (χ1v) is 7.00. The van der Waals surface area contributed by atoms with E-state index in [0.29, 0.717) is 19.6 Å². The van der Waals surface area contributed by atoms with Crippen molar-refractivity contribution in [3.05, 3.63) is 29.6 Å². The highest BCUT2D eigenvalue weighted by atomic mass is 32.2. The van der Waals surface area contributed by atoms with Crippen LogP contribution < -0.4 is 10.5 Å². The standard InChI is InChI=1S/C11H15FN2O4S/c1-18-4-2-3-14-11(15)8-5-9(12)7-10(6-8)19(13,16)17/h5-7H,2-4H2,1H3,(H,14,15)(H2,13,16,17). The average molecular weight is 290 g/mol. The number of amides is 1. The van der Waals surface area contributed by atoms with Gasteiger partial charge < -0.3 is 10.1 Å². The van der Waals surface area contributed by atoms with Gasteiger partial charge in [-0.1, -0.05) is 0 Å². The quantitative estimate of drug-likeness (QED) is 0.733. The molecule has 0 aromatic heterocycles.